The monoisotopic (exact) mass is 196 g/mol. The van der Waals surface area contributed by atoms with E-state index in [0.29, 0.717) is 6.61 Å². The minimum Gasteiger partial charge on any atom is -0.376 e. The normalized spacial score (nSPS) is 30.2. The van der Waals surface area contributed by atoms with Gasteiger partial charge in [0.25, 0.3) is 0 Å². The van der Waals surface area contributed by atoms with Gasteiger partial charge in [-0.1, -0.05) is 5.92 Å². The van der Waals surface area contributed by atoms with Gasteiger partial charge in [0, 0.05) is 12.6 Å². The Bertz CT molecular complexity index is 245. The third kappa shape index (κ3) is 2.47. The molecule has 1 saturated carbocycles. The second kappa shape index (κ2) is 4.99. The minimum absolute atomic E-state index is 0.00623. The Morgan fingerprint density at radius 3 is 3.00 bits per heavy atom. The molecular weight excluding hydrogens is 180 g/mol. The predicted octanol–water partition coefficient (Wildman–Crippen LogP) is -0.369. The summed E-state index contributed by atoms with van der Waals surface area (Å²) in [6.07, 6.45) is 5.97. The number of hydrogen-bond acceptors (Lipinski definition) is 3. The third-order valence-electron chi connectivity index (χ3n) is 2.34. The van der Waals surface area contributed by atoms with Crippen molar-refractivity contribution in [3.63, 3.8) is 0 Å². The number of carbonyl (C=O) groups excluding carboxylic acids is 1. The Labute approximate surface area is 84.2 Å². The van der Waals surface area contributed by atoms with Gasteiger partial charge in [-0.25, -0.2) is 0 Å². The Balaban J connectivity index is 2.35. The average molecular weight is 196 g/mol. The van der Waals surface area contributed by atoms with Crippen LogP contribution in [0.1, 0.15) is 19.8 Å². The van der Waals surface area contributed by atoms with Gasteiger partial charge in [0.1, 0.15) is 0 Å². The molecule has 0 aromatic rings. The smallest absolute Gasteiger partial charge is 0.232 e. The first-order chi connectivity index (χ1) is 6.69. The number of nitrogens with two attached hydrogens (primary N) is 1. The van der Waals surface area contributed by atoms with Crippen LogP contribution >= 0.6 is 0 Å². The molecule has 4 heteroatoms. The van der Waals surface area contributed by atoms with Crippen LogP contribution in [0.15, 0.2) is 0 Å². The van der Waals surface area contributed by atoms with E-state index in [-0.39, 0.29) is 30.5 Å². The van der Waals surface area contributed by atoms with Crippen LogP contribution in [0.4, 0.5) is 0 Å². The molecule has 1 amide bonds. The summed E-state index contributed by atoms with van der Waals surface area (Å²) in [4.78, 5) is 11.2. The van der Waals surface area contributed by atoms with E-state index in [2.05, 4.69) is 11.2 Å². The van der Waals surface area contributed by atoms with Gasteiger partial charge in [-0.05, 0) is 13.3 Å². The molecule has 3 atom stereocenters. The van der Waals surface area contributed by atoms with Crippen LogP contribution in [0.25, 0.3) is 0 Å². The Morgan fingerprint density at radius 1 is 1.79 bits per heavy atom. The van der Waals surface area contributed by atoms with E-state index in [1.165, 1.54) is 0 Å². The van der Waals surface area contributed by atoms with E-state index in [0.717, 1.165) is 6.42 Å². The lowest BCUT2D eigenvalue weighted by Gasteiger charge is -2.42. The van der Waals surface area contributed by atoms with E-state index < -0.39 is 0 Å². The number of terminal acetylenes is 1. The maximum absolute atomic E-state index is 11.2. The topological polar surface area (TPSA) is 64.4 Å². The Hall–Kier alpha value is -1.05. The molecule has 1 aliphatic rings. The number of carbonyl (C=O) groups is 1. The van der Waals surface area contributed by atoms with Crippen LogP contribution in [0.3, 0.4) is 0 Å². The van der Waals surface area contributed by atoms with Gasteiger partial charge in [0.05, 0.1) is 18.6 Å². The van der Waals surface area contributed by atoms with E-state index in [4.69, 9.17) is 16.9 Å². The van der Waals surface area contributed by atoms with Crippen LogP contribution in [0.5, 0.6) is 0 Å². The average Bonchev–Trinajstić information content (AvgIpc) is 2.15. The van der Waals surface area contributed by atoms with Crippen molar-refractivity contribution in [2.45, 2.75) is 38.0 Å². The standard InChI is InChI=1S/C10H16N2O2/c1-3-5-9(13)12-10-7(11)6-8(10)14-4-2/h1,7-8,10H,4-6,11H2,2H3,(H,12,13). The molecule has 0 aromatic heterocycles. The highest BCUT2D eigenvalue weighted by atomic mass is 16.5. The van der Waals surface area contributed by atoms with Gasteiger partial charge in [0.2, 0.25) is 5.91 Å². The molecule has 3 N–H and O–H groups in total. The highest BCUT2D eigenvalue weighted by Crippen LogP contribution is 2.22. The van der Waals surface area contributed by atoms with Crippen LogP contribution in [-0.2, 0) is 9.53 Å². The fraction of sp³-hybridized carbons (Fsp3) is 0.700. The molecule has 0 spiro atoms. The van der Waals surface area contributed by atoms with Crippen molar-refractivity contribution in [3.05, 3.63) is 0 Å². The van der Waals surface area contributed by atoms with Gasteiger partial charge in [-0.2, -0.15) is 0 Å². The molecule has 0 heterocycles. The Morgan fingerprint density at radius 2 is 2.50 bits per heavy atom. The number of nitrogens with one attached hydrogen (secondary N) is 1. The third-order valence-corrected chi connectivity index (χ3v) is 2.34. The van der Waals surface area contributed by atoms with E-state index >= 15 is 0 Å². The first-order valence-electron chi connectivity index (χ1n) is 4.79. The van der Waals surface area contributed by atoms with Crippen LogP contribution < -0.4 is 11.1 Å². The largest absolute Gasteiger partial charge is 0.376 e. The maximum atomic E-state index is 11.2. The second-order valence-electron chi connectivity index (χ2n) is 3.37. The second-order valence-corrected chi connectivity index (χ2v) is 3.37. The molecule has 0 aliphatic heterocycles. The highest BCUT2D eigenvalue weighted by Gasteiger charge is 2.40. The molecule has 0 radical (unpaired) electrons. The van der Waals surface area contributed by atoms with Crippen molar-refractivity contribution < 1.29 is 9.53 Å². The molecular formula is C10H16N2O2. The minimum atomic E-state index is -0.155. The fourth-order valence-corrected chi connectivity index (χ4v) is 1.56. The van der Waals surface area contributed by atoms with Crippen molar-refractivity contribution in [2.24, 2.45) is 5.73 Å². The van der Waals surface area contributed by atoms with Crippen molar-refractivity contribution in [2.75, 3.05) is 6.61 Å². The molecule has 3 unspecified atom stereocenters. The number of rotatable bonds is 4. The summed E-state index contributed by atoms with van der Waals surface area (Å²) >= 11 is 0. The summed E-state index contributed by atoms with van der Waals surface area (Å²) in [6.45, 7) is 2.56. The fourth-order valence-electron chi connectivity index (χ4n) is 1.56. The number of hydrogen-bond donors (Lipinski definition) is 2. The summed E-state index contributed by atoms with van der Waals surface area (Å²) in [7, 11) is 0. The summed E-state index contributed by atoms with van der Waals surface area (Å²) in [5.74, 6) is 2.13. The van der Waals surface area contributed by atoms with E-state index in [1.807, 2.05) is 6.92 Å². The van der Waals surface area contributed by atoms with Gasteiger partial charge in [-0.15, -0.1) is 6.42 Å². The van der Waals surface area contributed by atoms with Gasteiger partial charge < -0.3 is 15.8 Å². The summed E-state index contributed by atoms with van der Waals surface area (Å²) < 4.78 is 5.39. The molecule has 0 bridgehead atoms. The van der Waals surface area contributed by atoms with E-state index in [1.54, 1.807) is 0 Å². The molecule has 1 fully saturated rings. The van der Waals surface area contributed by atoms with Crippen molar-refractivity contribution in [1.29, 1.82) is 0 Å². The first-order valence-corrected chi connectivity index (χ1v) is 4.79. The van der Waals surface area contributed by atoms with Crippen LogP contribution in [-0.4, -0.2) is 30.7 Å². The lowest BCUT2D eigenvalue weighted by atomic mass is 9.83. The maximum Gasteiger partial charge on any atom is 0.232 e. The SMILES string of the molecule is C#CCC(=O)NC1C(N)CC1OCC. The van der Waals surface area contributed by atoms with E-state index in [9.17, 15) is 4.79 Å². The highest BCUT2D eigenvalue weighted by molar-refractivity contribution is 5.78. The zero-order valence-corrected chi connectivity index (χ0v) is 8.32. The lowest BCUT2D eigenvalue weighted by molar-refractivity contribution is -0.124. The van der Waals surface area contributed by atoms with Crippen molar-refractivity contribution >= 4 is 5.91 Å². The molecule has 0 aromatic carbocycles. The quantitative estimate of drug-likeness (QED) is 0.603. The predicted molar refractivity (Wildman–Crippen MR) is 53.4 cm³/mol. The molecule has 14 heavy (non-hydrogen) atoms. The zero-order valence-electron chi connectivity index (χ0n) is 8.32. The molecule has 78 valence electrons. The molecule has 0 saturated heterocycles. The van der Waals surface area contributed by atoms with Gasteiger partial charge in [0.15, 0.2) is 0 Å². The number of amides is 1. The summed E-state index contributed by atoms with van der Waals surface area (Å²) in [5, 5.41) is 2.77. The van der Waals surface area contributed by atoms with Crippen molar-refractivity contribution in [3.8, 4) is 12.3 Å². The Kier molecular flexibility index (Phi) is 3.93. The lowest BCUT2D eigenvalue weighted by Crippen LogP contribution is -2.64. The van der Waals surface area contributed by atoms with Crippen LogP contribution in [0, 0.1) is 12.3 Å². The van der Waals surface area contributed by atoms with Crippen molar-refractivity contribution in [1.82, 2.24) is 5.32 Å². The van der Waals surface area contributed by atoms with Crippen LogP contribution in [0.2, 0.25) is 0 Å². The number of ether oxygens (including phenoxy) is 1. The van der Waals surface area contributed by atoms with Gasteiger partial charge in [-0.3, -0.25) is 4.79 Å². The molecule has 4 nitrogen and oxygen atoms in total. The molecule has 1 aliphatic carbocycles. The summed E-state index contributed by atoms with van der Waals surface area (Å²) in [6, 6.07) is -0.0796. The zero-order chi connectivity index (χ0) is 10.6. The first kappa shape index (κ1) is 11.0. The summed E-state index contributed by atoms with van der Waals surface area (Å²) in [5.41, 5.74) is 5.74. The molecule has 1 rings (SSSR count). The van der Waals surface area contributed by atoms with Gasteiger partial charge >= 0.3 is 0 Å².